The van der Waals surface area contributed by atoms with Crippen molar-refractivity contribution in [2.24, 2.45) is 0 Å². The van der Waals surface area contributed by atoms with Crippen molar-refractivity contribution in [3.63, 3.8) is 0 Å². The molecule has 0 bridgehead atoms. The molecule has 0 unspecified atom stereocenters. The standard InChI is InChI=1S/C12H11IN2O2/c1-17-11-4-2-9(13)6-8(11)7-10-3-5-12(16)15-14-10/h2-6H,7H2,1H3,(H,15,16). The zero-order valence-electron chi connectivity index (χ0n) is 9.24. The van der Waals surface area contributed by atoms with Gasteiger partial charge < -0.3 is 4.74 Å². The Hall–Kier alpha value is -1.37. The van der Waals surface area contributed by atoms with Crippen molar-refractivity contribution in [1.29, 1.82) is 0 Å². The van der Waals surface area contributed by atoms with Gasteiger partial charge in [0.2, 0.25) is 0 Å². The second kappa shape index (κ2) is 5.31. The molecule has 0 radical (unpaired) electrons. The van der Waals surface area contributed by atoms with Crippen molar-refractivity contribution in [3.8, 4) is 5.75 Å². The predicted octanol–water partition coefficient (Wildman–Crippen LogP) is 1.97. The van der Waals surface area contributed by atoms with Crippen LogP contribution >= 0.6 is 22.6 Å². The summed E-state index contributed by atoms with van der Waals surface area (Å²) in [5.74, 6) is 0.832. The van der Waals surface area contributed by atoms with Gasteiger partial charge in [-0.25, -0.2) is 5.10 Å². The monoisotopic (exact) mass is 342 g/mol. The molecule has 1 aromatic heterocycles. The number of ether oxygens (including phenoxy) is 1. The Morgan fingerprint density at radius 3 is 2.82 bits per heavy atom. The van der Waals surface area contributed by atoms with E-state index in [9.17, 15) is 4.79 Å². The SMILES string of the molecule is COc1ccc(I)cc1Cc1ccc(=O)[nH]n1. The topological polar surface area (TPSA) is 55.0 Å². The quantitative estimate of drug-likeness (QED) is 0.868. The molecule has 4 nitrogen and oxygen atoms in total. The summed E-state index contributed by atoms with van der Waals surface area (Å²) in [5, 5.41) is 6.41. The van der Waals surface area contributed by atoms with Crippen LogP contribution in [-0.2, 0) is 6.42 Å². The first-order chi connectivity index (χ1) is 8.19. The maximum absolute atomic E-state index is 10.9. The maximum Gasteiger partial charge on any atom is 0.264 e. The number of nitrogens with zero attached hydrogens (tertiary/aromatic N) is 1. The van der Waals surface area contributed by atoms with Gasteiger partial charge in [-0.05, 0) is 46.9 Å². The third-order valence-electron chi connectivity index (χ3n) is 2.35. The summed E-state index contributed by atoms with van der Waals surface area (Å²) in [4.78, 5) is 10.9. The number of hydrogen-bond donors (Lipinski definition) is 1. The van der Waals surface area contributed by atoms with E-state index in [0.29, 0.717) is 6.42 Å². The van der Waals surface area contributed by atoms with Gasteiger partial charge in [0.1, 0.15) is 5.75 Å². The van der Waals surface area contributed by atoms with Gasteiger partial charge >= 0.3 is 0 Å². The zero-order valence-corrected chi connectivity index (χ0v) is 11.4. The van der Waals surface area contributed by atoms with E-state index in [1.165, 1.54) is 6.07 Å². The summed E-state index contributed by atoms with van der Waals surface area (Å²) in [5.41, 5.74) is 1.67. The Kier molecular flexibility index (Phi) is 3.78. The van der Waals surface area contributed by atoms with Crippen LogP contribution in [0.2, 0.25) is 0 Å². The molecule has 88 valence electrons. The summed E-state index contributed by atoms with van der Waals surface area (Å²) >= 11 is 2.25. The molecule has 1 aromatic carbocycles. The van der Waals surface area contributed by atoms with Crippen LogP contribution in [0.3, 0.4) is 0 Å². The van der Waals surface area contributed by atoms with Gasteiger partial charge in [-0.15, -0.1) is 0 Å². The first kappa shape index (κ1) is 12.1. The molecule has 0 saturated carbocycles. The molecule has 5 heteroatoms. The summed E-state index contributed by atoms with van der Waals surface area (Å²) in [7, 11) is 1.64. The van der Waals surface area contributed by atoms with Crippen LogP contribution in [0.25, 0.3) is 0 Å². The Morgan fingerprint density at radius 1 is 1.35 bits per heavy atom. The number of hydrogen-bond acceptors (Lipinski definition) is 3. The van der Waals surface area contributed by atoms with Crippen molar-refractivity contribution in [2.45, 2.75) is 6.42 Å². The van der Waals surface area contributed by atoms with Crippen LogP contribution in [0.1, 0.15) is 11.3 Å². The minimum absolute atomic E-state index is 0.191. The molecule has 0 aliphatic carbocycles. The summed E-state index contributed by atoms with van der Waals surface area (Å²) in [6.45, 7) is 0. The van der Waals surface area contributed by atoms with Crippen LogP contribution in [-0.4, -0.2) is 17.3 Å². The van der Waals surface area contributed by atoms with Crippen molar-refractivity contribution in [2.75, 3.05) is 7.11 Å². The zero-order chi connectivity index (χ0) is 12.3. The number of halogens is 1. The fourth-order valence-electron chi connectivity index (χ4n) is 1.55. The fourth-order valence-corrected chi connectivity index (χ4v) is 2.11. The number of nitrogens with one attached hydrogen (secondary N) is 1. The highest BCUT2D eigenvalue weighted by atomic mass is 127. The van der Waals surface area contributed by atoms with Gasteiger partial charge in [-0.3, -0.25) is 4.79 Å². The molecular weight excluding hydrogens is 331 g/mol. The lowest BCUT2D eigenvalue weighted by molar-refractivity contribution is 0.410. The fraction of sp³-hybridized carbons (Fsp3) is 0.167. The van der Waals surface area contributed by atoms with Crippen LogP contribution in [0, 0.1) is 3.57 Å². The number of aromatic nitrogens is 2. The van der Waals surface area contributed by atoms with Crippen LogP contribution in [0.15, 0.2) is 35.1 Å². The molecule has 2 rings (SSSR count). The molecule has 0 saturated heterocycles. The number of methoxy groups -OCH3 is 1. The number of rotatable bonds is 3. The molecule has 1 heterocycles. The third-order valence-corrected chi connectivity index (χ3v) is 3.02. The molecule has 0 atom stereocenters. The van der Waals surface area contributed by atoms with Crippen LogP contribution in [0.4, 0.5) is 0 Å². The van der Waals surface area contributed by atoms with E-state index < -0.39 is 0 Å². The first-order valence-electron chi connectivity index (χ1n) is 5.06. The molecule has 2 aromatic rings. The van der Waals surface area contributed by atoms with Gasteiger partial charge in [0.25, 0.3) is 5.56 Å². The van der Waals surface area contributed by atoms with E-state index in [2.05, 4.69) is 32.8 Å². The highest BCUT2D eigenvalue weighted by Crippen LogP contribution is 2.22. The summed E-state index contributed by atoms with van der Waals surface area (Å²) in [6, 6.07) is 9.17. The lowest BCUT2D eigenvalue weighted by Gasteiger charge is -2.08. The molecule has 0 spiro atoms. The predicted molar refractivity (Wildman–Crippen MR) is 73.4 cm³/mol. The average molecular weight is 342 g/mol. The van der Waals surface area contributed by atoms with Gasteiger partial charge in [0.15, 0.2) is 0 Å². The van der Waals surface area contributed by atoms with E-state index in [0.717, 1.165) is 20.6 Å². The Labute approximate surface area is 112 Å². The minimum Gasteiger partial charge on any atom is -0.496 e. The molecule has 0 fully saturated rings. The minimum atomic E-state index is -0.191. The van der Waals surface area contributed by atoms with Crippen molar-refractivity contribution in [3.05, 3.63) is 55.5 Å². The van der Waals surface area contributed by atoms with E-state index in [1.54, 1.807) is 13.2 Å². The summed E-state index contributed by atoms with van der Waals surface area (Å²) in [6.07, 6.45) is 0.636. The molecule has 1 N–H and O–H groups in total. The highest BCUT2D eigenvalue weighted by Gasteiger charge is 2.05. The van der Waals surface area contributed by atoms with Gasteiger partial charge in [-0.1, -0.05) is 0 Å². The summed E-state index contributed by atoms with van der Waals surface area (Å²) < 4.78 is 6.43. The number of aromatic amines is 1. The third kappa shape index (κ3) is 3.06. The lowest BCUT2D eigenvalue weighted by atomic mass is 10.1. The van der Waals surface area contributed by atoms with Crippen molar-refractivity contribution < 1.29 is 4.74 Å². The molecule has 0 aliphatic rings. The van der Waals surface area contributed by atoms with Gasteiger partial charge in [0, 0.05) is 21.6 Å². The number of H-pyrrole nitrogens is 1. The van der Waals surface area contributed by atoms with Gasteiger partial charge in [0.05, 0.1) is 12.8 Å². The maximum atomic E-state index is 10.9. The van der Waals surface area contributed by atoms with Gasteiger partial charge in [-0.2, -0.15) is 5.10 Å². The molecule has 0 aliphatic heterocycles. The normalized spacial score (nSPS) is 10.2. The smallest absolute Gasteiger partial charge is 0.264 e. The van der Waals surface area contributed by atoms with Crippen molar-refractivity contribution in [1.82, 2.24) is 10.2 Å². The Morgan fingerprint density at radius 2 is 2.18 bits per heavy atom. The highest BCUT2D eigenvalue weighted by molar-refractivity contribution is 14.1. The average Bonchev–Trinajstić information content (AvgIpc) is 2.32. The second-order valence-corrected chi connectivity index (χ2v) is 4.79. The van der Waals surface area contributed by atoms with E-state index in [4.69, 9.17) is 4.74 Å². The molecule has 17 heavy (non-hydrogen) atoms. The number of benzene rings is 1. The molecular formula is C12H11IN2O2. The second-order valence-electron chi connectivity index (χ2n) is 3.55. The van der Waals surface area contributed by atoms with Crippen LogP contribution in [0.5, 0.6) is 5.75 Å². The van der Waals surface area contributed by atoms with E-state index >= 15 is 0 Å². The van der Waals surface area contributed by atoms with Crippen LogP contribution < -0.4 is 10.3 Å². The largest absolute Gasteiger partial charge is 0.496 e. The first-order valence-corrected chi connectivity index (χ1v) is 6.14. The molecule has 0 amide bonds. The van der Waals surface area contributed by atoms with E-state index in [-0.39, 0.29) is 5.56 Å². The van der Waals surface area contributed by atoms with E-state index in [1.807, 2.05) is 18.2 Å². The Balaban J connectivity index is 2.31. The Bertz CT molecular complexity index is 560. The van der Waals surface area contributed by atoms with Crippen molar-refractivity contribution >= 4 is 22.6 Å². The lowest BCUT2D eigenvalue weighted by Crippen LogP contribution is -2.08.